The van der Waals surface area contributed by atoms with Gasteiger partial charge in [0.25, 0.3) is 0 Å². The number of aliphatic hydroxyl groups excluding tert-OH is 1. The van der Waals surface area contributed by atoms with E-state index >= 15 is 0 Å². The van der Waals surface area contributed by atoms with Crippen molar-refractivity contribution in [1.82, 2.24) is 9.97 Å². The van der Waals surface area contributed by atoms with Crippen molar-refractivity contribution in [3.05, 3.63) is 54.4 Å². The Bertz CT molecular complexity index is 662. The summed E-state index contributed by atoms with van der Waals surface area (Å²) in [5.41, 5.74) is 1.67. The summed E-state index contributed by atoms with van der Waals surface area (Å²) in [7, 11) is 0. The second-order valence-electron chi connectivity index (χ2n) is 3.94. The van der Waals surface area contributed by atoms with Crippen LogP contribution in [0.5, 0.6) is 11.5 Å². The van der Waals surface area contributed by atoms with Crippen LogP contribution < -0.4 is 4.74 Å². The maximum Gasteiger partial charge on any atom is 0.133 e. The lowest BCUT2D eigenvalue weighted by Gasteiger charge is -2.04. The second kappa shape index (κ2) is 4.50. The van der Waals surface area contributed by atoms with Crippen LogP contribution >= 0.6 is 0 Å². The predicted molar refractivity (Wildman–Crippen MR) is 68.5 cm³/mol. The number of aliphatic hydroxyl groups is 1. The molecule has 0 spiro atoms. The number of rotatable bonds is 3. The zero-order chi connectivity index (χ0) is 12.4. The van der Waals surface area contributed by atoms with E-state index in [1.165, 1.54) is 0 Å². The van der Waals surface area contributed by atoms with E-state index in [9.17, 15) is 0 Å². The molecule has 0 unspecified atom stereocenters. The minimum atomic E-state index is -0.0937. The van der Waals surface area contributed by atoms with E-state index in [0.717, 1.165) is 22.5 Å². The molecule has 3 aromatic rings. The van der Waals surface area contributed by atoms with E-state index in [2.05, 4.69) is 9.97 Å². The fourth-order valence-corrected chi connectivity index (χ4v) is 1.80. The number of hydrogen-bond acceptors (Lipinski definition) is 3. The highest BCUT2D eigenvalue weighted by atomic mass is 16.5. The van der Waals surface area contributed by atoms with Crippen LogP contribution in [0.3, 0.4) is 0 Å². The number of para-hydroxylation sites is 1. The lowest BCUT2D eigenvalue weighted by molar-refractivity contribution is 0.273. The molecular formula is C14H12N2O2. The van der Waals surface area contributed by atoms with Crippen LogP contribution in [0.2, 0.25) is 0 Å². The van der Waals surface area contributed by atoms with Crippen molar-refractivity contribution in [2.75, 3.05) is 0 Å². The molecule has 3 rings (SSSR count). The van der Waals surface area contributed by atoms with Crippen LogP contribution in [0.15, 0.2) is 48.5 Å². The van der Waals surface area contributed by atoms with Gasteiger partial charge < -0.3 is 14.8 Å². The van der Waals surface area contributed by atoms with E-state index in [0.29, 0.717) is 5.82 Å². The number of fused-ring (bicyclic) bond motifs is 1. The molecule has 0 fully saturated rings. The quantitative estimate of drug-likeness (QED) is 0.740. The Hall–Kier alpha value is -2.33. The number of benzene rings is 2. The van der Waals surface area contributed by atoms with Gasteiger partial charge in [0.05, 0.1) is 11.0 Å². The summed E-state index contributed by atoms with van der Waals surface area (Å²) in [6.07, 6.45) is 0. The lowest BCUT2D eigenvalue weighted by atomic mass is 10.3. The fourth-order valence-electron chi connectivity index (χ4n) is 1.80. The van der Waals surface area contributed by atoms with Gasteiger partial charge >= 0.3 is 0 Å². The van der Waals surface area contributed by atoms with Crippen molar-refractivity contribution < 1.29 is 9.84 Å². The molecule has 18 heavy (non-hydrogen) atoms. The van der Waals surface area contributed by atoms with Gasteiger partial charge in [-0.1, -0.05) is 18.2 Å². The molecule has 90 valence electrons. The number of ether oxygens (including phenoxy) is 1. The Balaban J connectivity index is 1.93. The largest absolute Gasteiger partial charge is 0.457 e. The van der Waals surface area contributed by atoms with Crippen LogP contribution in [0.4, 0.5) is 0 Å². The monoisotopic (exact) mass is 240 g/mol. The van der Waals surface area contributed by atoms with E-state index in [-0.39, 0.29) is 6.61 Å². The van der Waals surface area contributed by atoms with Crippen molar-refractivity contribution in [2.45, 2.75) is 6.61 Å². The van der Waals surface area contributed by atoms with Gasteiger partial charge in [0.1, 0.15) is 23.9 Å². The third-order valence-electron chi connectivity index (χ3n) is 2.63. The summed E-state index contributed by atoms with van der Waals surface area (Å²) < 4.78 is 5.72. The van der Waals surface area contributed by atoms with Crippen molar-refractivity contribution in [3.8, 4) is 11.5 Å². The van der Waals surface area contributed by atoms with Gasteiger partial charge in [-0.3, -0.25) is 0 Å². The van der Waals surface area contributed by atoms with Crippen molar-refractivity contribution in [3.63, 3.8) is 0 Å². The molecule has 0 radical (unpaired) electrons. The standard InChI is InChI=1S/C14H12N2O2/c17-9-14-15-12-7-6-11(8-13(12)16-14)18-10-4-2-1-3-5-10/h1-8,17H,9H2,(H,15,16). The highest BCUT2D eigenvalue weighted by Crippen LogP contribution is 2.24. The van der Waals surface area contributed by atoms with Gasteiger partial charge in [0, 0.05) is 6.07 Å². The Labute approximate surface area is 104 Å². The maximum atomic E-state index is 9.02. The fraction of sp³-hybridized carbons (Fsp3) is 0.0714. The molecule has 0 aliphatic carbocycles. The molecule has 1 aromatic heterocycles. The van der Waals surface area contributed by atoms with Crippen LogP contribution in [0.1, 0.15) is 5.82 Å². The molecule has 1 heterocycles. The van der Waals surface area contributed by atoms with Crippen LogP contribution in [-0.4, -0.2) is 15.1 Å². The lowest BCUT2D eigenvalue weighted by Crippen LogP contribution is -1.83. The summed E-state index contributed by atoms with van der Waals surface area (Å²) in [4.78, 5) is 7.25. The van der Waals surface area contributed by atoms with E-state index in [1.54, 1.807) is 0 Å². The van der Waals surface area contributed by atoms with Gasteiger partial charge in [-0.15, -0.1) is 0 Å². The SMILES string of the molecule is OCc1nc2ccc(Oc3ccccc3)cc2[nH]1. The highest BCUT2D eigenvalue weighted by molar-refractivity contribution is 5.76. The average Bonchev–Trinajstić information content (AvgIpc) is 2.82. The summed E-state index contributed by atoms with van der Waals surface area (Å²) in [6.45, 7) is -0.0937. The third-order valence-corrected chi connectivity index (χ3v) is 2.63. The summed E-state index contributed by atoms with van der Waals surface area (Å²) in [5.74, 6) is 2.09. The molecule has 0 atom stereocenters. The van der Waals surface area contributed by atoms with E-state index in [4.69, 9.17) is 9.84 Å². The zero-order valence-corrected chi connectivity index (χ0v) is 9.63. The van der Waals surface area contributed by atoms with Gasteiger partial charge in [0.2, 0.25) is 0 Å². The molecule has 0 aliphatic heterocycles. The van der Waals surface area contributed by atoms with Gasteiger partial charge in [-0.05, 0) is 24.3 Å². The second-order valence-corrected chi connectivity index (χ2v) is 3.94. The molecule has 2 aromatic carbocycles. The first-order chi connectivity index (χ1) is 8.85. The highest BCUT2D eigenvalue weighted by Gasteiger charge is 2.04. The van der Waals surface area contributed by atoms with Crippen LogP contribution in [-0.2, 0) is 6.61 Å². The number of aromatic nitrogens is 2. The van der Waals surface area contributed by atoms with Gasteiger partial charge in [-0.2, -0.15) is 0 Å². The molecule has 0 saturated carbocycles. The van der Waals surface area contributed by atoms with Crippen molar-refractivity contribution in [2.24, 2.45) is 0 Å². The summed E-state index contributed by atoms with van der Waals surface area (Å²) in [6, 6.07) is 15.2. The van der Waals surface area contributed by atoms with Crippen molar-refractivity contribution in [1.29, 1.82) is 0 Å². The number of hydrogen-bond donors (Lipinski definition) is 2. The smallest absolute Gasteiger partial charge is 0.133 e. The zero-order valence-electron chi connectivity index (χ0n) is 9.63. The minimum absolute atomic E-state index is 0.0937. The molecular weight excluding hydrogens is 228 g/mol. The first-order valence-electron chi connectivity index (χ1n) is 5.67. The number of H-pyrrole nitrogens is 1. The number of nitrogens with zero attached hydrogens (tertiary/aromatic N) is 1. The first kappa shape index (κ1) is 10.8. The van der Waals surface area contributed by atoms with Gasteiger partial charge in [0.15, 0.2) is 0 Å². The Morgan fingerprint density at radius 1 is 1.06 bits per heavy atom. The number of aromatic amines is 1. The molecule has 2 N–H and O–H groups in total. The number of imidazole rings is 1. The van der Waals surface area contributed by atoms with Crippen LogP contribution in [0, 0.1) is 0 Å². The Morgan fingerprint density at radius 3 is 2.67 bits per heavy atom. The molecule has 0 aliphatic rings. The van der Waals surface area contributed by atoms with E-state index < -0.39 is 0 Å². The van der Waals surface area contributed by atoms with Gasteiger partial charge in [-0.25, -0.2) is 4.98 Å². The average molecular weight is 240 g/mol. The predicted octanol–water partition coefficient (Wildman–Crippen LogP) is 2.85. The Kier molecular flexibility index (Phi) is 2.70. The minimum Gasteiger partial charge on any atom is -0.457 e. The number of nitrogens with one attached hydrogen (secondary N) is 1. The molecule has 0 saturated heterocycles. The topological polar surface area (TPSA) is 58.1 Å². The maximum absolute atomic E-state index is 9.02. The Morgan fingerprint density at radius 2 is 1.89 bits per heavy atom. The third kappa shape index (κ3) is 2.06. The first-order valence-corrected chi connectivity index (χ1v) is 5.67. The molecule has 4 heteroatoms. The normalized spacial score (nSPS) is 10.7. The van der Waals surface area contributed by atoms with E-state index in [1.807, 2.05) is 48.5 Å². The molecule has 4 nitrogen and oxygen atoms in total. The van der Waals surface area contributed by atoms with Crippen LogP contribution in [0.25, 0.3) is 11.0 Å². The molecule has 0 amide bonds. The van der Waals surface area contributed by atoms with Crippen molar-refractivity contribution >= 4 is 11.0 Å². The summed E-state index contributed by atoms with van der Waals surface area (Å²) in [5, 5.41) is 9.02. The summed E-state index contributed by atoms with van der Waals surface area (Å²) >= 11 is 0. The molecule has 0 bridgehead atoms.